The van der Waals surface area contributed by atoms with Crippen LogP contribution in [-0.4, -0.2) is 52.1 Å². The molecule has 1 heterocycles. The van der Waals surface area contributed by atoms with Crippen molar-refractivity contribution in [3.8, 4) is 0 Å². The number of benzene rings is 3. The molecule has 0 aliphatic carbocycles. The predicted molar refractivity (Wildman–Crippen MR) is 131 cm³/mol. The van der Waals surface area contributed by atoms with Crippen molar-refractivity contribution in [3.63, 3.8) is 0 Å². The highest BCUT2D eigenvalue weighted by atomic mass is 32.2. The van der Waals surface area contributed by atoms with E-state index in [0.29, 0.717) is 26.3 Å². The summed E-state index contributed by atoms with van der Waals surface area (Å²) in [6.45, 7) is 2.99. The normalized spacial score (nSPS) is 15.5. The summed E-state index contributed by atoms with van der Waals surface area (Å²) in [5.41, 5.74) is 1.96. The van der Waals surface area contributed by atoms with Crippen molar-refractivity contribution in [1.29, 1.82) is 0 Å². The van der Waals surface area contributed by atoms with Crippen molar-refractivity contribution in [2.24, 2.45) is 0 Å². The predicted octanol–water partition coefficient (Wildman–Crippen LogP) is 3.11. The molecule has 4 rings (SSSR count). The van der Waals surface area contributed by atoms with Crippen LogP contribution >= 0.6 is 0 Å². The number of morpholine rings is 1. The summed E-state index contributed by atoms with van der Waals surface area (Å²) in [7, 11) is -3.80. The summed E-state index contributed by atoms with van der Waals surface area (Å²) in [6.07, 6.45) is 0. The van der Waals surface area contributed by atoms with Crippen LogP contribution in [-0.2, 0) is 21.3 Å². The first kappa shape index (κ1) is 25.0. The highest BCUT2D eigenvalue weighted by molar-refractivity contribution is 7.89. The Morgan fingerprint density at radius 2 is 1.69 bits per heavy atom. The summed E-state index contributed by atoms with van der Waals surface area (Å²) in [6, 6.07) is 21.2. The molecule has 7 nitrogen and oxygen atoms in total. The van der Waals surface area contributed by atoms with Crippen LogP contribution in [0.5, 0.6) is 0 Å². The summed E-state index contributed by atoms with van der Waals surface area (Å²) in [4.78, 5) is 15.2. The number of rotatable bonds is 9. The number of ether oxygens (including phenoxy) is 1. The van der Waals surface area contributed by atoms with Crippen LogP contribution in [0.15, 0.2) is 83.8 Å². The van der Waals surface area contributed by atoms with Crippen molar-refractivity contribution >= 4 is 15.9 Å². The number of nitrogens with one attached hydrogen (secondary N) is 2. The first-order valence-electron chi connectivity index (χ1n) is 11.4. The average Bonchev–Trinajstić information content (AvgIpc) is 2.90. The highest BCUT2D eigenvalue weighted by Gasteiger charge is 2.24. The lowest BCUT2D eigenvalue weighted by atomic mass is 10.0. The van der Waals surface area contributed by atoms with Crippen molar-refractivity contribution in [3.05, 3.63) is 101 Å². The van der Waals surface area contributed by atoms with E-state index in [2.05, 4.69) is 14.9 Å². The van der Waals surface area contributed by atoms with Gasteiger partial charge < -0.3 is 10.1 Å². The second-order valence-corrected chi connectivity index (χ2v) is 10.0. The molecular weight excluding hydrogens is 469 g/mol. The fraction of sp³-hybridized carbons (Fsp3) is 0.269. The van der Waals surface area contributed by atoms with E-state index in [4.69, 9.17) is 4.74 Å². The Bertz CT molecular complexity index is 1230. The van der Waals surface area contributed by atoms with E-state index in [-0.39, 0.29) is 41.3 Å². The lowest BCUT2D eigenvalue weighted by molar-refractivity contribution is 0.0162. The SMILES string of the molecule is O=C(NC[C@@H](c1ccc(F)cc1)N1CCOCC1)c1cccc(S(=O)(=O)NCc2ccccc2)c1. The molecule has 1 aliphatic rings. The Morgan fingerprint density at radius 1 is 0.971 bits per heavy atom. The number of hydrogen-bond acceptors (Lipinski definition) is 5. The number of carbonyl (C=O) groups is 1. The Kier molecular flexibility index (Phi) is 8.25. The number of carbonyl (C=O) groups excluding carboxylic acids is 1. The minimum atomic E-state index is -3.80. The van der Waals surface area contributed by atoms with Gasteiger partial charge in [-0.15, -0.1) is 0 Å². The first-order valence-corrected chi connectivity index (χ1v) is 12.9. The van der Waals surface area contributed by atoms with E-state index in [9.17, 15) is 17.6 Å². The standard InChI is InChI=1S/C26H28FN3O4S/c27-23-11-9-21(10-12-23)25(30-13-15-34-16-14-30)19-28-26(31)22-7-4-8-24(17-22)35(32,33)29-18-20-5-2-1-3-6-20/h1-12,17,25,29H,13-16,18-19H2,(H,28,31)/t25-/m0/s1. The van der Waals surface area contributed by atoms with E-state index in [0.717, 1.165) is 11.1 Å². The van der Waals surface area contributed by atoms with Crippen molar-refractivity contribution in [1.82, 2.24) is 14.9 Å². The van der Waals surface area contributed by atoms with Gasteiger partial charge in [0.05, 0.1) is 24.2 Å². The zero-order valence-corrected chi connectivity index (χ0v) is 20.0. The number of halogens is 1. The molecule has 1 aliphatic heterocycles. The molecule has 0 saturated carbocycles. The Balaban J connectivity index is 1.44. The Hall–Kier alpha value is -3.11. The largest absolute Gasteiger partial charge is 0.379 e. The third-order valence-electron chi connectivity index (χ3n) is 5.91. The van der Waals surface area contributed by atoms with Crippen LogP contribution in [0, 0.1) is 5.82 Å². The van der Waals surface area contributed by atoms with E-state index in [1.54, 1.807) is 24.3 Å². The fourth-order valence-electron chi connectivity index (χ4n) is 3.99. The molecule has 1 fully saturated rings. The van der Waals surface area contributed by atoms with Gasteiger partial charge in [0.15, 0.2) is 0 Å². The van der Waals surface area contributed by atoms with Crippen molar-refractivity contribution in [2.45, 2.75) is 17.5 Å². The lowest BCUT2D eigenvalue weighted by Gasteiger charge is -2.35. The van der Waals surface area contributed by atoms with Crippen LogP contribution < -0.4 is 10.0 Å². The molecule has 3 aromatic carbocycles. The molecule has 2 N–H and O–H groups in total. The number of nitrogens with zero attached hydrogens (tertiary/aromatic N) is 1. The van der Waals surface area contributed by atoms with Crippen LogP contribution in [0.25, 0.3) is 0 Å². The van der Waals surface area contributed by atoms with E-state index in [1.165, 1.54) is 24.3 Å². The summed E-state index contributed by atoms with van der Waals surface area (Å²) < 4.78 is 47.0. The molecule has 1 saturated heterocycles. The molecule has 9 heteroatoms. The minimum Gasteiger partial charge on any atom is -0.379 e. The Labute approximate surface area is 205 Å². The van der Waals surface area contributed by atoms with Gasteiger partial charge in [0.25, 0.3) is 5.91 Å². The molecule has 0 spiro atoms. The summed E-state index contributed by atoms with van der Waals surface area (Å²) in [5, 5.41) is 2.92. The van der Waals surface area contributed by atoms with Gasteiger partial charge >= 0.3 is 0 Å². The van der Waals surface area contributed by atoms with Gasteiger partial charge in [-0.1, -0.05) is 48.5 Å². The third-order valence-corrected chi connectivity index (χ3v) is 7.31. The average molecular weight is 498 g/mol. The zero-order chi connectivity index (χ0) is 24.7. The quantitative estimate of drug-likeness (QED) is 0.474. The Morgan fingerprint density at radius 3 is 2.40 bits per heavy atom. The smallest absolute Gasteiger partial charge is 0.251 e. The topological polar surface area (TPSA) is 87.7 Å². The van der Waals surface area contributed by atoms with Gasteiger partial charge in [-0.25, -0.2) is 17.5 Å². The van der Waals surface area contributed by atoms with Gasteiger partial charge in [-0.3, -0.25) is 9.69 Å². The van der Waals surface area contributed by atoms with E-state index < -0.39 is 10.0 Å². The maximum absolute atomic E-state index is 13.5. The van der Waals surface area contributed by atoms with Crippen LogP contribution in [0.2, 0.25) is 0 Å². The van der Waals surface area contributed by atoms with Gasteiger partial charge in [-0.2, -0.15) is 0 Å². The second kappa shape index (κ2) is 11.5. The summed E-state index contributed by atoms with van der Waals surface area (Å²) >= 11 is 0. The number of sulfonamides is 1. The monoisotopic (exact) mass is 497 g/mol. The molecule has 0 unspecified atom stereocenters. The molecular formula is C26H28FN3O4S. The molecule has 0 bridgehead atoms. The molecule has 3 aromatic rings. The fourth-order valence-corrected chi connectivity index (χ4v) is 5.05. The molecule has 1 atom stereocenters. The van der Waals surface area contributed by atoms with Crippen molar-refractivity contribution in [2.75, 3.05) is 32.8 Å². The molecule has 184 valence electrons. The third kappa shape index (κ3) is 6.73. The molecule has 1 amide bonds. The number of hydrogen-bond donors (Lipinski definition) is 2. The first-order chi connectivity index (χ1) is 16.9. The summed E-state index contributed by atoms with van der Waals surface area (Å²) in [5.74, 6) is -0.706. The van der Waals surface area contributed by atoms with Crippen LogP contribution in [0.1, 0.15) is 27.5 Å². The van der Waals surface area contributed by atoms with Gasteiger partial charge in [-0.05, 0) is 41.5 Å². The highest BCUT2D eigenvalue weighted by Crippen LogP contribution is 2.22. The van der Waals surface area contributed by atoms with Crippen LogP contribution in [0.4, 0.5) is 4.39 Å². The lowest BCUT2D eigenvalue weighted by Crippen LogP contribution is -2.43. The van der Waals surface area contributed by atoms with Gasteiger partial charge in [0.2, 0.25) is 10.0 Å². The van der Waals surface area contributed by atoms with Gasteiger partial charge in [0.1, 0.15) is 5.82 Å². The zero-order valence-electron chi connectivity index (χ0n) is 19.2. The van der Waals surface area contributed by atoms with E-state index in [1.807, 2.05) is 30.3 Å². The number of amides is 1. The maximum Gasteiger partial charge on any atom is 0.251 e. The maximum atomic E-state index is 13.5. The van der Waals surface area contributed by atoms with Gasteiger partial charge in [0, 0.05) is 31.7 Å². The van der Waals surface area contributed by atoms with Crippen molar-refractivity contribution < 1.29 is 22.3 Å². The second-order valence-electron chi connectivity index (χ2n) is 8.26. The van der Waals surface area contributed by atoms with E-state index >= 15 is 0 Å². The molecule has 0 aromatic heterocycles. The minimum absolute atomic E-state index is 0.0179. The van der Waals surface area contributed by atoms with Crippen LogP contribution in [0.3, 0.4) is 0 Å². The molecule has 0 radical (unpaired) electrons. The molecule has 35 heavy (non-hydrogen) atoms.